The molecule has 0 spiro atoms. The quantitative estimate of drug-likeness (QED) is 0.866. The molecule has 0 bridgehead atoms. The van der Waals surface area contributed by atoms with E-state index in [1.807, 2.05) is 18.3 Å². The lowest BCUT2D eigenvalue weighted by Crippen LogP contribution is -2.35. The van der Waals surface area contributed by atoms with Gasteiger partial charge >= 0.3 is 0 Å². The molecule has 1 amide bonds. The lowest BCUT2D eigenvalue weighted by atomic mass is 10.1. The van der Waals surface area contributed by atoms with Gasteiger partial charge in [-0.25, -0.2) is 0 Å². The van der Waals surface area contributed by atoms with Crippen LogP contribution in [0.5, 0.6) is 0 Å². The molecule has 0 atom stereocenters. The molecule has 3 heteroatoms. The number of hydrogen-bond donors (Lipinski definition) is 1. The van der Waals surface area contributed by atoms with Gasteiger partial charge in [0.25, 0.3) is 0 Å². The van der Waals surface area contributed by atoms with E-state index in [1.54, 1.807) is 0 Å². The number of H-pyrrole nitrogens is 1. The van der Waals surface area contributed by atoms with Gasteiger partial charge < -0.3 is 9.88 Å². The number of nitrogens with zero attached hydrogens (tertiary/aromatic N) is 1. The molecule has 4 rings (SSSR count). The van der Waals surface area contributed by atoms with Crippen LogP contribution in [0.2, 0.25) is 0 Å². The summed E-state index contributed by atoms with van der Waals surface area (Å²) in [7, 11) is 0. The van der Waals surface area contributed by atoms with Crippen molar-refractivity contribution in [1.29, 1.82) is 0 Å². The molecule has 1 aromatic heterocycles. The third-order valence-corrected chi connectivity index (χ3v) is 4.72. The van der Waals surface area contributed by atoms with Crippen molar-refractivity contribution in [3.05, 3.63) is 36.0 Å². The summed E-state index contributed by atoms with van der Waals surface area (Å²) in [6, 6.07) is 8.23. The van der Waals surface area contributed by atoms with Crippen LogP contribution in [0.25, 0.3) is 10.9 Å². The number of carbonyl (C=O) groups is 1. The van der Waals surface area contributed by atoms with Crippen LogP contribution < -0.4 is 0 Å². The van der Waals surface area contributed by atoms with E-state index in [1.165, 1.54) is 31.1 Å². The fourth-order valence-corrected chi connectivity index (χ4v) is 3.05. The SMILES string of the molecule is O=C(Cc1c[nH]c2ccccc12)N(CC1CC1)CC1CC1. The van der Waals surface area contributed by atoms with E-state index in [9.17, 15) is 4.79 Å². The minimum Gasteiger partial charge on any atom is -0.361 e. The van der Waals surface area contributed by atoms with E-state index >= 15 is 0 Å². The van der Waals surface area contributed by atoms with Gasteiger partial charge in [-0.15, -0.1) is 0 Å². The second-order valence-electron chi connectivity index (χ2n) is 6.72. The van der Waals surface area contributed by atoms with Crippen LogP contribution in [-0.4, -0.2) is 28.9 Å². The number of para-hydroxylation sites is 1. The van der Waals surface area contributed by atoms with Crippen molar-refractivity contribution < 1.29 is 4.79 Å². The Hall–Kier alpha value is -1.77. The van der Waals surface area contributed by atoms with Crippen molar-refractivity contribution in [3.63, 3.8) is 0 Å². The maximum absolute atomic E-state index is 12.7. The molecular formula is C18H22N2O. The van der Waals surface area contributed by atoms with Crippen molar-refractivity contribution in [2.45, 2.75) is 32.1 Å². The number of benzene rings is 1. The summed E-state index contributed by atoms with van der Waals surface area (Å²) in [5, 5.41) is 1.18. The Morgan fingerprint density at radius 3 is 2.43 bits per heavy atom. The van der Waals surface area contributed by atoms with Gasteiger partial charge in [-0.3, -0.25) is 4.79 Å². The minimum absolute atomic E-state index is 0.304. The Kier molecular flexibility index (Phi) is 3.21. The molecule has 3 nitrogen and oxygen atoms in total. The van der Waals surface area contributed by atoms with Crippen LogP contribution in [0.15, 0.2) is 30.5 Å². The number of amides is 1. The van der Waals surface area contributed by atoms with Crippen LogP contribution in [0.1, 0.15) is 31.2 Å². The van der Waals surface area contributed by atoms with Crippen molar-refractivity contribution >= 4 is 16.8 Å². The van der Waals surface area contributed by atoms with Crippen LogP contribution in [0, 0.1) is 11.8 Å². The molecule has 1 N–H and O–H groups in total. The highest BCUT2D eigenvalue weighted by atomic mass is 16.2. The molecule has 21 heavy (non-hydrogen) atoms. The third-order valence-electron chi connectivity index (χ3n) is 4.72. The molecule has 2 aliphatic carbocycles. The predicted molar refractivity (Wildman–Crippen MR) is 84.0 cm³/mol. The lowest BCUT2D eigenvalue weighted by molar-refractivity contribution is -0.131. The fraction of sp³-hybridized carbons (Fsp3) is 0.500. The molecule has 0 unspecified atom stereocenters. The Bertz CT molecular complexity index is 638. The smallest absolute Gasteiger partial charge is 0.227 e. The molecule has 110 valence electrons. The van der Waals surface area contributed by atoms with Crippen molar-refractivity contribution in [3.8, 4) is 0 Å². The summed E-state index contributed by atoms with van der Waals surface area (Å²) in [4.78, 5) is 18.1. The van der Waals surface area contributed by atoms with Gasteiger partial charge in [0, 0.05) is 30.2 Å². The van der Waals surface area contributed by atoms with E-state index in [2.05, 4.69) is 22.0 Å². The van der Waals surface area contributed by atoms with E-state index in [4.69, 9.17) is 0 Å². The summed E-state index contributed by atoms with van der Waals surface area (Å²) in [6.07, 6.45) is 7.75. The number of carbonyl (C=O) groups excluding carboxylic acids is 1. The van der Waals surface area contributed by atoms with Gasteiger partial charge in [0.05, 0.1) is 6.42 Å². The molecule has 0 saturated heterocycles. The predicted octanol–water partition coefficient (Wildman–Crippen LogP) is 3.36. The van der Waals surface area contributed by atoms with Crippen molar-refractivity contribution in [2.75, 3.05) is 13.1 Å². The maximum atomic E-state index is 12.7. The van der Waals surface area contributed by atoms with Gasteiger partial charge in [0.2, 0.25) is 5.91 Å². The average molecular weight is 282 g/mol. The van der Waals surface area contributed by atoms with Crippen molar-refractivity contribution in [2.24, 2.45) is 11.8 Å². The molecule has 2 aliphatic rings. The Morgan fingerprint density at radius 2 is 1.76 bits per heavy atom. The summed E-state index contributed by atoms with van der Waals surface area (Å²) < 4.78 is 0. The van der Waals surface area contributed by atoms with Gasteiger partial charge in [-0.2, -0.15) is 0 Å². The van der Waals surface area contributed by atoms with E-state index in [0.29, 0.717) is 12.3 Å². The molecule has 2 aromatic rings. The molecule has 0 aliphatic heterocycles. The van der Waals surface area contributed by atoms with E-state index in [0.717, 1.165) is 36.0 Å². The molecule has 1 heterocycles. The lowest BCUT2D eigenvalue weighted by Gasteiger charge is -2.22. The maximum Gasteiger partial charge on any atom is 0.227 e. The van der Waals surface area contributed by atoms with E-state index < -0.39 is 0 Å². The van der Waals surface area contributed by atoms with Crippen LogP contribution in [-0.2, 0) is 11.2 Å². The zero-order chi connectivity index (χ0) is 14.2. The first kappa shape index (κ1) is 12.9. The molecule has 0 radical (unpaired) electrons. The Balaban J connectivity index is 1.49. The first-order valence-electron chi connectivity index (χ1n) is 8.12. The average Bonchev–Trinajstić information content (AvgIpc) is 3.41. The van der Waals surface area contributed by atoms with Gasteiger partial charge in [-0.1, -0.05) is 18.2 Å². The zero-order valence-electron chi connectivity index (χ0n) is 12.3. The van der Waals surface area contributed by atoms with Gasteiger partial charge in [-0.05, 0) is 49.1 Å². The number of aromatic amines is 1. The highest BCUT2D eigenvalue weighted by Crippen LogP contribution is 2.34. The standard InChI is InChI=1S/C18H22N2O/c21-18(20(11-13-5-6-13)12-14-7-8-14)9-15-10-19-17-4-2-1-3-16(15)17/h1-4,10,13-14,19H,5-9,11-12H2. The monoisotopic (exact) mass is 282 g/mol. The van der Waals surface area contributed by atoms with Crippen LogP contribution in [0.4, 0.5) is 0 Å². The fourth-order valence-electron chi connectivity index (χ4n) is 3.05. The number of aromatic nitrogens is 1. The Labute approximate surface area is 125 Å². The highest BCUT2D eigenvalue weighted by Gasteiger charge is 2.31. The second-order valence-corrected chi connectivity index (χ2v) is 6.72. The number of hydrogen-bond acceptors (Lipinski definition) is 1. The summed E-state index contributed by atoms with van der Waals surface area (Å²) in [6.45, 7) is 1.97. The normalized spacial score (nSPS) is 18.1. The van der Waals surface area contributed by atoms with Crippen molar-refractivity contribution in [1.82, 2.24) is 9.88 Å². The molecule has 2 saturated carbocycles. The van der Waals surface area contributed by atoms with Crippen LogP contribution in [0.3, 0.4) is 0 Å². The van der Waals surface area contributed by atoms with Gasteiger partial charge in [0.1, 0.15) is 0 Å². The summed E-state index contributed by atoms with van der Waals surface area (Å²) in [5.74, 6) is 1.85. The first-order valence-corrected chi connectivity index (χ1v) is 8.12. The molecule has 2 fully saturated rings. The van der Waals surface area contributed by atoms with Crippen LogP contribution >= 0.6 is 0 Å². The topological polar surface area (TPSA) is 36.1 Å². The molecular weight excluding hydrogens is 260 g/mol. The summed E-state index contributed by atoms with van der Waals surface area (Å²) >= 11 is 0. The minimum atomic E-state index is 0.304. The third kappa shape index (κ3) is 2.97. The van der Waals surface area contributed by atoms with Gasteiger partial charge in [0.15, 0.2) is 0 Å². The summed E-state index contributed by atoms with van der Waals surface area (Å²) in [5.41, 5.74) is 2.25. The first-order chi connectivity index (χ1) is 10.3. The molecule has 1 aromatic carbocycles. The number of nitrogens with one attached hydrogen (secondary N) is 1. The number of fused-ring (bicyclic) bond motifs is 1. The zero-order valence-corrected chi connectivity index (χ0v) is 12.3. The van der Waals surface area contributed by atoms with E-state index in [-0.39, 0.29) is 0 Å². The second kappa shape index (κ2) is 5.21. The largest absolute Gasteiger partial charge is 0.361 e. The number of rotatable bonds is 6. The highest BCUT2D eigenvalue weighted by molar-refractivity contribution is 5.88. The Morgan fingerprint density at radius 1 is 1.10 bits per heavy atom.